The van der Waals surface area contributed by atoms with Crippen LogP contribution in [0.4, 0.5) is 5.69 Å². The maximum Gasteiger partial charge on any atom is 0.247 e. The van der Waals surface area contributed by atoms with Crippen molar-refractivity contribution in [3.8, 4) is 11.6 Å². The highest BCUT2D eigenvalue weighted by Gasteiger charge is 2.10. The number of imidazole rings is 1. The molecule has 2 N–H and O–H groups in total. The molecule has 5 nitrogen and oxygen atoms in total. The van der Waals surface area contributed by atoms with Crippen LogP contribution >= 0.6 is 0 Å². The first-order chi connectivity index (χ1) is 9.69. The molecular weight excluding hydrogens is 252 g/mol. The Labute approximate surface area is 117 Å². The molecule has 0 radical (unpaired) electrons. The van der Waals surface area contributed by atoms with Crippen molar-refractivity contribution in [1.82, 2.24) is 14.5 Å². The van der Waals surface area contributed by atoms with E-state index in [1.54, 1.807) is 12.5 Å². The van der Waals surface area contributed by atoms with E-state index in [2.05, 4.69) is 16.9 Å². The molecule has 0 amide bonds. The van der Waals surface area contributed by atoms with Gasteiger partial charge in [0.15, 0.2) is 11.3 Å². The van der Waals surface area contributed by atoms with Gasteiger partial charge in [0.05, 0.1) is 17.5 Å². The van der Waals surface area contributed by atoms with E-state index in [9.17, 15) is 0 Å². The highest BCUT2D eigenvalue weighted by atomic mass is 16.5. The fourth-order valence-corrected chi connectivity index (χ4v) is 2.13. The van der Waals surface area contributed by atoms with Gasteiger partial charge in [-0.2, -0.15) is 0 Å². The van der Waals surface area contributed by atoms with Crippen LogP contribution in [0.2, 0.25) is 0 Å². The van der Waals surface area contributed by atoms with Gasteiger partial charge in [-0.1, -0.05) is 13.0 Å². The maximum absolute atomic E-state index is 6.02. The summed E-state index contributed by atoms with van der Waals surface area (Å²) in [6, 6.07) is 7.70. The minimum atomic E-state index is 0.471. The summed E-state index contributed by atoms with van der Waals surface area (Å²) < 4.78 is 7.75. The normalized spacial score (nSPS) is 10.9. The van der Waals surface area contributed by atoms with Crippen molar-refractivity contribution in [2.45, 2.75) is 13.3 Å². The largest absolute Gasteiger partial charge is 0.435 e. The molecule has 0 atom stereocenters. The number of nitrogens with zero attached hydrogens (tertiary/aromatic N) is 3. The molecule has 0 unspecified atom stereocenters. The number of ether oxygens (including phenoxy) is 1. The highest BCUT2D eigenvalue weighted by Crippen LogP contribution is 2.30. The lowest BCUT2D eigenvalue weighted by atomic mass is 10.1. The number of fused-ring (bicyclic) bond motifs is 1. The molecule has 0 aliphatic rings. The van der Waals surface area contributed by atoms with Gasteiger partial charge in [0.2, 0.25) is 5.88 Å². The summed E-state index contributed by atoms with van der Waals surface area (Å²) in [6.45, 7) is 2.09. The van der Waals surface area contributed by atoms with Crippen LogP contribution in [0, 0.1) is 0 Å². The van der Waals surface area contributed by atoms with E-state index < -0.39 is 0 Å². The van der Waals surface area contributed by atoms with Crippen molar-refractivity contribution < 1.29 is 4.74 Å². The Morgan fingerprint density at radius 2 is 2.10 bits per heavy atom. The molecule has 2 aromatic heterocycles. The first-order valence-corrected chi connectivity index (χ1v) is 6.51. The molecular formula is C15H16N4O. The fraction of sp³-hybridized carbons (Fsp3) is 0.200. The van der Waals surface area contributed by atoms with E-state index in [4.69, 9.17) is 10.5 Å². The van der Waals surface area contributed by atoms with Crippen molar-refractivity contribution in [3.63, 3.8) is 0 Å². The molecule has 0 spiro atoms. The number of aryl methyl sites for hydroxylation is 2. The first kappa shape index (κ1) is 12.5. The topological polar surface area (TPSA) is 66.0 Å². The summed E-state index contributed by atoms with van der Waals surface area (Å²) in [4.78, 5) is 8.56. The van der Waals surface area contributed by atoms with Crippen molar-refractivity contribution in [2.24, 2.45) is 7.05 Å². The first-order valence-electron chi connectivity index (χ1n) is 6.51. The molecule has 2 heterocycles. The molecule has 0 bridgehead atoms. The Hall–Kier alpha value is -2.56. The van der Waals surface area contributed by atoms with E-state index in [0.29, 0.717) is 17.3 Å². The van der Waals surface area contributed by atoms with Crippen LogP contribution in [0.3, 0.4) is 0 Å². The van der Waals surface area contributed by atoms with Crippen LogP contribution in [0.25, 0.3) is 11.0 Å². The van der Waals surface area contributed by atoms with Gasteiger partial charge in [0.25, 0.3) is 0 Å². The highest BCUT2D eigenvalue weighted by molar-refractivity contribution is 5.80. The number of rotatable bonds is 3. The Balaban J connectivity index is 2.01. The van der Waals surface area contributed by atoms with Crippen LogP contribution in [0.1, 0.15) is 12.5 Å². The van der Waals surface area contributed by atoms with Crippen molar-refractivity contribution in [1.29, 1.82) is 0 Å². The van der Waals surface area contributed by atoms with Crippen LogP contribution in [0.15, 0.2) is 36.8 Å². The van der Waals surface area contributed by atoms with E-state index in [1.807, 2.05) is 35.9 Å². The molecule has 0 saturated carbocycles. The Kier molecular flexibility index (Phi) is 3.02. The summed E-state index contributed by atoms with van der Waals surface area (Å²) in [6.07, 6.45) is 4.39. The molecule has 0 fully saturated rings. The summed E-state index contributed by atoms with van der Waals surface area (Å²) in [5.74, 6) is 1.08. The van der Waals surface area contributed by atoms with Gasteiger partial charge in [0, 0.05) is 13.2 Å². The third-order valence-corrected chi connectivity index (χ3v) is 3.30. The average molecular weight is 268 g/mol. The lowest BCUT2D eigenvalue weighted by molar-refractivity contribution is 0.470. The minimum absolute atomic E-state index is 0.471. The average Bonchev–Trinajstić information content (AvgIpc) is 2.84. The predicted octanol–water partition coefficient (Wildman–Crippen LogP) is 2.91. The minimum Gasteiger partial charge on any atom is -0.435 e. The summed E-state index contributed by atoms with van der Waals surface area (Å²) in [5.41, 5.74) is 9.51. The summed E-state index contributed by atoms with van der Waals surface area (Å²) >= 11 is 0. The number of nitrogen functional groups attached to an aromatic ring is 1. The van der Waals surface area contributed by atoms with Crippen molar-refractivity contribution >= 4 is 16.7 Å². The molecule has 1 aromatic carbocycles. The van der Waals surface area contributed by atoms with Gasteiger partial charge in [-0.05, 0) is 30.2 Å². The SMILES string of the molecule is CCc1ccc(Oc2nccc3c2ncn3C)c(N)c1. The Morgan fingerprint density at radius 1 is 1.25 bits per heavy atom. The van der Waals surface area contributed by atoms with Gasteiger partial charge in [-0.25, -0.2) is 9.97 Å². The van der Waals surface area contributed by atoms with E-state index in [0.717, 1.165) is 17.5 Å². The van der Waals surface area contributed by atoms with Crippen molar-refractivity contribution in [3.05, 3.63) is 42.4 Å². The second-order valence-corrected chi connectivity index (χ2v) is 4.67. The van der Waals surface area contributed by atoms with Crippen LogP contribution in [-0.4, -0.2) is 14.5 Å². The molecule has 102 valence electrons. The van der Waals surface area contributed by atoms with Gasteiger partial charge < -0.3 is 15.0 Å². The standard InChI is InChI=1S/C15H16N4O/c1-3-10-4-5-13(11(16)8-10)20-15-14-12(6-7-17-15)19(2)9-18-14/h4-9H,3,16H2,1-2H3. The van der Waals surface area contributed by atoms with Gasteiger partial charge in [0.1, 0.15) is 0 Å². The van der Waals surface area contributed by atoms with Gasteiger partial charge in [-0.15, -0.1) is 0 Å². The number of nitrogens with two attached hydrogens (primary N) is 1. The number of hydrogen-bond donors (Lipinski definition) is 1. The second-order valence-electron chi connectivity index (χ2n) is 4.67. The number of pyridine rings is 1. The van der Waals surface area contributed by atoms with Crippen molar-refractivity contribution in [2.75, 3.05) is 5.73 Å². The third kappa shape index (κ3) is 2.07. The molecule has 0 aliphatic carbocycles. The number of anilines is 1. The van der Waals surface area contributed by atoms with Crippen LogP contribution < -0.4 is 10.5 Å². The Morgan fingerprint density at radius 3 is 2.85 bits per heavy atom. The number of aromatic nitrogens is 3. The van der Waals surface area contributed by atoms with E-state index >= 15 is 0 Å². The predicted molar refractivity (Wildman–Crippen MR) is 78.8 cm³/mol. The zero-order valence-corrected chi connectivity index (χ0v) is 11.5. The Bertz CT molecular complexity index is 764. The monoisotopic (exact) mass is 268 g/mol. The maximum atomic E-state index is 6.02. The number of benzene rings is 1. The summed E-state index contributed by atoms with van der Waals surface area (Å²) in [5, 5.41) is 0. The molecule has 20 heavy (non-hydrogen) atoms. The van der Waals surface area contributed by atoms with E-state index in [1.165, 1.54) is 5.56 Å². The van der Waals surface area contributed by atoms with Gasteiger partial charge >= 0.3 is 0 Å². The lowest BCUT2D eigenvalue weighted by Crippen LogP contribution is -1.96. The summed E-state index contributed by atoms with van der Waals surface area (Å²) in [7, 11) is 1.93. The molecule has 5 heteroatoms. The number of hydrogen-bond acceptors (Lipinski definition) is 4. The van der Waals surface area contributed by atoms with Gasteiger partial charge in [-0.3, -0.25) is 0 Å². The zero-order valence-electron chi connectivity index (χ0n) is 11.5. The third-order valence-electron chi connectivity index (χ3n) is 3.30. The fourth-order valence-electron chi connectivity index (χ4n) is 2.13. The lowest BCUT2D eigenvalue weighted by Gasteiger charge is -2.09. The zero-order chi connectivity index (χ0) is 14.1. The van der Waals surface area contributed by atoms with Crippen LogP contribution in [0.5, 0.6) is 11.6 Å². The molecule has 0 aliphatic heterocycles. The molecule has 0 saturated heterocycles. The molecule has 3 rings (SSSR count). The van der Waals surface area contributed by atoms with Crippen LogP contribution in [-0.2, 0) is 13.5 Å². The quantitative estimate of drug-likeness (QED) is 0.742. The molecule has 3 aromatic rings. The van der Waals surface area contributed by atoms with E-state index in [-0.39, 0.29) is 0 Å². The second kappa shape index (κ2) is 4.85. The smallest absolute Gasteiger partial charge is 0.247 e.